The Bertz CT molecular complexity index is 532. The summed E-state index contributed by atoms with van der Waals surface area (Å²) in [7, 11) is 0. The number of pyridine rings is 1. The highest BCUT2D eigenvalue weighted by Gasteiger charge is 2.01. The first-order chi connectivity index (χ1) is 8.77. The summed E-state index contributed by atoms with van der Waals surface area (Å²) in [5.41, 5.74) is 2.33. The van der Waals surface area contributed by atoms with Crippen molar-refractivity contribution in [2.24, 2.45) is 0 Å². The Hall–Kier alpha value is -1.90. The van der Waals surface area contributed by atoms with E-state index < -0.39 is 5.97 Å². The molecule has 0 saturated carbocycles. The average Bonchev–Trinajstić information content (AvgIpc) is 2.38. The van der Waals surface area contributed by atoms with Crippen molar-refractivity contribution in [1.82, 2.24) is 4.98 Å². The number of fused-ring (bicyclic) bond motifs is 1. The molecule has 1 aromatic carbocycles. The average molecular weight is 243 g/mol. The molecule has 0 unspecified atom stereocenters. The minimum absolute atomic E-state index is 0.275. The van der Waals surface area contributed by atoms with E-state index in [9.17, 15) is 4.79 Å². The molecule has 94 valence electrons. The number of hydrogen-bond acceptors (Lipinski definition) is 2. The fourth-order valence-electron chi connectivity index (χ4n) is 2.14. The van der Waals surface area contributed by atoms with Crippen LogP contribution in [0.25, 0.3) is 10.9 Å². The molecule has 2 aromatic rings. The van der Waals surface area contributed by atoms with Gasteiger partial charge in [0.1, 0.15) is 0 Å². The van der Waals surface area contributed by atoms with Gasteiger partial charge in [0, 0.05) is 18.0 Å². The van der Waals surface area contributed by atoms with Gasteiger partial charge in [-0.2, -0.15) is 0 Å². The van der Waals surface area contributed by atoms with Crippen LogP contribution < -0.4 is 0 Å². The third-order valence-corrected chi connectivity index (χ3v) is 3.08. The van der Waals surface area contributed by atoms with Crippen LogP contribution in [-0.4, -0.2) is 16.1 Å². The van der Waals surface area contributed by atoms with Crippen molar-refractivity contribution in [3.05, 3.63) is 42.1 Å². The van der Waals surface area contributed by atoms with Crippen LogP contribution in [0, 0.1) is 0 Å². The van der Waals surface area contributed by atoms with Crippen molar-refractivity contribution in [1.29, 1.82) is 0 Å². The summed E-state index contributed by atoms with van der Waals surface area (Å²) < 4.78 is 0. The van der Waals surface area contributed by atoms with E-state index in [0.29, 0.717) is 0 Å². The Morgan fingerprint density at radius 2 is 1.94 bits per heavy atom. The molecule has 0 aliphatic carbocycles. The zero-order valence-corrected chi connectivity index (χ0v) is 10.3. The summed E-state index contributed by atoms with van der Waals surface area (Å²) in [5, 5.41) is 9.77. The van der Waals surface area contributed by atoms with Crippen molar-refractivity contribution in [3.63, 3.8) is 0 Å². The third kappa shape index (κ3) is 3.29. The van der Waals surface area contributed by atoms with Crippen molar-refractivity contribution in [2.75, 3.05) is 0 Å². The Morgan fingerprint density at radius 3 is 2.78 bits per heavy atom. The van der Waals surface area contributed by atoms with E-state index in [2.05, 4.69) is 17.1 Å². The lowest BCUT2D eigenvalue weighted by molar-refractivity contribution is -0.137. The first kappa shape index (κ1) is 12.6. The van der Waals surface area contributed by atoms with Crippen molar-refractivity contribution >= 4 is 16.9 Å². The maximum Gasteiger partial charge on any atom is 0.303 e. The summed E-state index contributed by atoms with van der Waals surface area (Å²) in [6.07, 6.45) is 5.86. The van der Waals surface area contributed by atoms with Gasteiger partial charge in [-0.1, -0.05) is 24.6 Å². The molecular weight excluding hydrogens is 226 g/mol. The standard InChI is InChI=1S/C15H17NO2/c17-15(18)9-3-1-2-6-12-10-11-16-14-8-5-4-7-13(12)14/h4-5,7-8,10-11H,1-3,6,9H2,(H,17,18). The molecule has 0 aliphatic rings. The highest BCUT2D eigenvalue weighted by molar-refractivity contribution is 5.81. The maximum absolute atomic E-state index is 10.4. The van der Waals surface area contributed by atoms with E-state index in [1.54, 1.807) is 0 Å². The predicted octanol–water partition coefficient (Wildman–Crippen LogP) is 3.42. The SMILES string of the molecule is O=C(O)CCCCCc1ccnc2ccccc12. The van der Waals surface area contributed by atoms with Gasteiger partial charge in [-0.05, 0) is 37.0 Å². The van der Waals surface area contributed by atoms with Gasteiger partial charge >= 0.3 is 5.97 Å². The molecule has 1 aromatic heterocycles. The highest BCUT2D eigenvalue weighted by Crippen LogP contribution is 2.18. The summed E-state index contributed by atoms with van der Waals surface area (Å²) in [6.45, 7) is 0. The molecule has 0 amide bonds. The number of aryl methyl sites for hydroxylation is 1. The predicted molar refractivity (Wildman–Crippen MR) is 71.6 cm³/mol. The number of aliphatic carboxylic acids is 1. The van der Waals surface area contributed by atoms with Gasteiger partial charge in [0.2, 0.25) is 0 Å². The number of unbranched alkanes of at least 4 members (excludes halogenated alkanes) is 2. The van der Waals surface area contributed by atoms with E-state index >= 15 is 0 Å². The topological polar surface area (TPSA) is 50.2 Å². The molecular formula is C15H17NO2. The number of carbonyl (C=O) groups is 1. The molecule has 2 rings (SSSR count). The third-order valence-electron chi connectivity index (χ3n) is 3.08. The maximum atomic E-state index is 10.4. The quantitative estimate of drug-likeness (QED) is 0.791. The molecule has 0 aliphatic heterocycles. The van der Waals surface area contributed by atoms with Gasteiger partial charge in [0.05, 0.1) is 5.52 Å². The molecule has 1 heterocycles. The smallest absolute Gasteiger partial charge is 0.303 e. The van der Waals surface area contributed by atoms with E-state index in [-0.39, 0.29) is 6.42 Å². The van der Waals surface area contributed by atoms with Gasteiger partial charge in [-0.25, -0.2) is 0 Å². The van der Waals surface area contributed by atoms with Gasteiger partial charge in [0.25, 0.3) is 0 Å². The second-order valence-corrected chi connectivity index (χ2v) is 4.44. The van der Waals surface area contributed by atoms with Gasteiger partial charge in [0.15, 0.2) is 0 Å². The fourth-order valence-corrected chi connectivity index (χ4v) is 2.14. The molecule has 18 heavy (non-hydrogen) atoms. The number of aromatic nitrogens is 1. The second kappa shape index (κ2) is 6.15. The number of carboxylic acid groups (broad SMARTS) is 1. The first-order valence-corrected chi connectivity index (χ1v) is 6.32. The number of rotatable bonds is 6. The van der Waals surface area contributed by atoms with E-state index in [4.69, 9.17) is 5.11 Å². The normalized spacial score (nSPS) is 10.7. The minimum Gasteiger partial charge on any atom is -0.481 e. The van der Waals surface area contributed by atoms with Crippen LogP contribution in [0.2, 0.25) is 0 Å². The van der Waals surface area contributed by atoms with Gasteiger partial charge in [-0.3, -0.25) is 9.78 Å². The van der Waals surface area contributed by atoms with Crippen molar-refractivity contribution in [2.45, 2.75) is 32.1 Å². The lowest BCUT2D eigenvalue weighted by atomic mass is 10.0. The van der Waals surface area contributed by atoms with Crippen LogP contribution in [0.1, 0.15) is 31.2 Å². The Labute approximate surface area is 106 Å². The molecule has 3 nitrogen and oxygen atoms in total. The molecule has 0 saturated heterocycles. The van der Waals surface area contributed by atoms with Crippen LogP contribution in [-0.2, 0) is 11.2 Å². The van der Waals surface area contributed by atoms with Crippen LogP contribution in [0.3, 0.4) is 0 Å². The summed E-state index contributed by atoms with van der Waals surface area (Å²) in [4.78, 5) is 14.7. The summed E-state index contributed by atoms with van der Waals surface area (Å²) in [6, 6.07) is 10.2. The fraction of sp³-hybridized carbons (Fsp3) is 0.333. The van der Waals surface area contributed by atoms with Crippen LogP contribution in [0.15, 0.2) is 36.5 Å². The number of nitrogens with zero attached hydrogens (tertiary/aromatic N) is 1. The molecule has 0 fully saturated rings. The number of carboxylic acids is 1. The van der Waals surface area contributed by atoms with E-state index in [0.717, 1.165) is 31.2 Å². The van der Waals surface area contributed by atoms with Crippen LogP contribution in [0.4, 0.5) is 0 Å². The Balaban J connectivity index is 1.93. The van der Waals surface area contributed by atoms with Crippen LogP contribution in [0.5, 0.6) is 0 Å². The lowest BCUT2D eigenvalue weighted by Gasteiger charge is -2.05. The Kier molecular flexibility index (Phi) is 4.29. The largest absolute Gasteiger partial charge is 0.481 e. The molecule has 0 bridgehead atoms. The molecule has 0 radical (unpaired) electrons. The summed E-state index contributed by atoms with van der Waals surface area (Å²) >= 11 is 0. The van der Waals surface area contributed by atoms with Crippen molar-refractivity contribution < 1.29 is 9.90 Å². The summed E-state index contributed by atoms with van der Waals surface area (Å²) in [5.74, 6) is -0.704. The number of para-hydroxylation sites is 1. The van der Waals surface area contributed by atoms with Crippen molar-refractivity contribution in [3.8, 4) is 0 Å². The van der Waals surface area contributed by atoms with E-state index in [1.165, 1.54) is 10.9 Å². The molecule has 1 N–H and O–H groups in total. The first-order valence-electron chi connectivity index (χ1n) is 6.32. The van der Waals surface area contributed by atoms with E-state index in [1.807, 2.05) is 24.4 Å². The highest BCUT2D eigenvalue weighted by atomic mass is 16.4. The van der Waals surface area contributed by atoms with Gasteiger partial charge < -0.3 is 5.11 Å². The molecule has 3 heteroatoms. The number of benzene rings is 1. The lowest BCUT2D eigenvalue weighted by Crippen LogP contribution is -1.94. The molecule has 0 atom stereocenters. The Morgan fingerprint density at radius 1 is 1.11 bits per heavy atom. The number of hydrogen-bond donors (Lipinski definition) is 1. The molecule has 0 spiro atoms. The zero-order valence-electron chi connectivity index (χ0n) is 10.3. The second-order valence-electron chi connectivity index (χ2n) is 4.44. The zero-order chi connectivity index (χ0) is 12.8. The monoisotopic (exact) mass is 243 g/mol. The minimum atomic E-state index is -0.704. The van der Waals surface area contributed by atoms with Gasteiger partial charge in [-0.15, -0.1) is 0 Å². The van der Waals surface area contributed by atoms with Crippen LogP contribution >= 0.6 is 0 Å².